The Hall–Kier alpha value is -0.320. The summed E-state index contributed by atoms with van der Waals surface area (Å²) in [5, 5.41) is 30.9. The van der Waals surface area contributed by atoms with Gasteiger partial charge < -0.3 is 39.0 Å². The van der Waals surface area contributed by atoms with E-state index in [9.17, 15) is 15.3 Å². The number of methoxy groups -OCH3 is 1. The molecule has 250 valence electrons. The van der Waals surface area contributed by atoms with Crippen molar-refractivity contribution in [1.82, 2.24) is 0 Å². The predicted octanol–water partition coefficient (Wildman–Crippen LogP) is 4.80. The van der Waals surface area contributed by atoms with Crippen LogP contribution in [0.3, 0.4) is 0 Å². The summed E-state index contributed by atoms with van der Waals surface area (Å²) in [5.41, 5.74) is 0.549. The minimum absolute atomic E-state index is 0.0233. The van der Waals surface area contributed by atoms with Gasteiger partial charge in [0, 0.05) is 19.4 Å². The summed E-state index contributed by atoms with van der Waals surface area (Å²) in [5.74, 6) is 1.65. The van der Waals surface area contributed by atoms with Crippen LogP contribution in [0.2, 0.25) is 0 Å². The van der Waals surface area contributed by atoms with Crippen LogP contribution in [0.1, 0.15) is 106 Å². The minimum Gasteiger partial charge on any atom is -0.388 e. The Kier molecular flexibility index (Phi) is 6.49. The third-order valence-corrected chi connectivity index (χ3v) is 16.2. The van der Waals surface area contributed by atoms with Crippen molar-refractivity contribution in [3.63, 3.8) is 0 Å². The highest BCUT2D eigenvalue weighted by Crippen LogP contribution is 2.90. The summed E-state index contributed by atoms with van der Waals surface area (Å²) in [6, 6.07) is 0. The Bertz CT molecular complexity index is 1190. The van der Waals surface area contributed by atoms with E-state index in [0.29, 0.717) is 34.5 Å². The third kappa shape index (κ3) is 3.54. The van der Waals surface area contributed by atoms with Gasteiger partial charge in [-0.1, -0.05) is 34.6 Å². The van der Waals surface area contributed by atoms with Crippen LogP contribution in [0.15, 0.2) is 0 Å². The molecule has 2 bridgehead atoms. The molecule has 0 aromatic heterocycles. The predicted molar refractivity (Wildman–Crippen MR) is 162 cm³/mol. The fraction of sp³-hybridized carbons (Fsp3) is 1.00. The van der Waals surface area contributed by atoms with E-state index in [1.165, 1.54) is 32.1 Å². The molecule has 8 nitrogen and oxygen atoms in total. The first-order valence-corrected chi connectivity index (χ1v) is 17.7. The SMILES string of the molecule is COC(C)(C)C1OC23CC4(C)C5CCC6C(C)(C)C(OC7OCC(O)C(O)C7O)CCC67CC57CCC4(C)C2C(C)CC1O3. The topological polar surface area (TPSA) is 107 Å². The van der Waals surface area contributed by atoms with Crippen molar-refractivity contribution in [1.29, 1.82) is 0 Å². The second-order valence-corrected chi connectivity index (χ2v) is 18.4. The van der Waals surface area contributed by atoms with E-state index in [4.69, 9.17) is 23.7 Å². The van der Waals surface area contributed by atoms with Gasteiger partial charge in [-0.05, 0) is 110 Å². The standard InChI is InChI=1S/C36H58O8/c1-19-15-21-28(31(4,5)40-8)44-36(43-21)17-33(7)23-10-9-22-30(2,3)24(42-29-26(39)25(38)20(37)16-41-29)11-12-34(22)18-35(23,34)14-13-32(33,6)27(19)36/h19-29,37-39H,9-18H2,1-8H3. The van der Waals surface area contributed by atoms with Crippen LogP contribution in [-0.4, -0.2) is 83.3 Å². The first kappa shape index (κ1) is 31.0. The summed E-state index contributed by atoms with van der Waals surface area (Å²) in [4.78, 5) is 0. The summed E-state index contributed by atoms with van der Waals surface area (Å²) in [6.45, 7) is 16.7. The number of ether oxygens (including phenoxy) is 5. The van der Waals surface area contributed by atoms with Gasteiger partial charge in [-0.15, -0.1) is 0 Å². The second kappa shape index (κ2) is 9.22. The maximum atomic E-state index is 10.6. The molecule has 16 atom stereocenters. The molecule has 3 N–H and O–H groups in total. The molecule has 0 aromatic rings. The van der Waals surface area contributed by atoms with Gasteiger partial charge in [0.1, 0.15) is 24.4 Å². The van der Waals surface area contributed by atoms with Crippen LogP contribution in [-0.2, 0) is 23.7 Å². The molecule has 3 saturated heterocycles. The van der Waals surface area contributed by atoms with Crippen LogP contribution in [0.5, 0.6) is 0 Å². The van der Waals surface area contributed by atoms with E-state index in [0.717, 1.165) is 25.7 Å². The molecule has 0 aromatic carbocycles. The molecule has 3 heterocycles. The van der Waals surface area contributed by atoms with Gasteiger partial charge in [-0.3, -0.25) is 0 Å². The molecule has 8 rings (SSSR count). The van der Waals surface area contributed by atoms with E-state index in [2.05, 4.69) is 48.5 Å². The zero-order valence-corrected chi connectivity index (χ0v) is 28.3. The Labute approximate surface area is 263 Å². The number of hydrogen-bond acceptors (Lipinski definition) is 8. The third-order valence-electron chi connectivity index (χ3n) is 16.2. The quantitative estimate of drug-likeness (QED) is 0.386. The molecule has 3 spiro atoms. The maximum absolute atomic E-state index is 10.6. The molecular formula is C36H58O8. The van der Waals surface area contributed by atoms with Crippen LogP contribution in [0.4, 0.5) is 0 Å². The lowest BCUT2D eigenvalue weighted by Crippen LogP contribution is -2.60. The fourth-order valence-electron chi connectivity index (χ4n) is 14.1. The molecule has 44 heavy (non-hydrogen) atoms. The Morgan fingerprint density at radius 2 is 1.52 bits per heavy atom. The van der Waals surface area contributed by atoms with Gasteiger partial charge in [0.25, 0.3) is 0 Å². The lowest BCUT2D eigenvalue weighted by Gasteiger charge is -2.63. The number of aliphatic hydroxyl groups is 3. The molecule has 0 amide bonds. The molecule has 8 fully saturated rings. The lowest BCUT2D eigenvalue weighted by atomic mass is 9.41. The van der Waals surface area contributed by atoms with Gasteiger partial charge in [0.2, 0.25) is 0 Å². The smallest absolute Gasteiger partial charge is 0.186 e. The zero-order chi connectivity index (χ0) is 31.5. The number of aliphatic hydroxyl groups excluding tert-OH is 3. The summed E-state index contributed by atoms with van der Waals surface area (Å²) in [6.07, 6.45) is 5.89. The normalized spacial score (nSPS) is 60.5. The van der Waals surface area contributed by atoms with Crippen molar-refractivity contribution in [2.45, 2.75) is 161 Å². The highest BCUT2D eigenvalue weighted by Gasteiger charge is 2.85. The first-order valence-electron chi connectivity index (χ1n) is 17.7. The summed E-state index contributed by atoms with van der Waals surface area (Å²) in [7, 11) is 1.80. The lowest BCUT2D eigenvalue weighted by molar-refractivity contribution is -0.302. The van der Waals surface area contributed by atoms with Gasteiger partial charge in [-0.2, -0.15) is 0 Å². The van der Waals surface area contributed by atoms with E-state index < -0.39 is 30.4 Å². The molecule has 8 heteroatoms. The molecule has 5 aliphatic carbocycles. The largest absolute Gasteiger partial charge is 0.388 e. The van der Waals surface area contributed by atoms with Gasteiger partial charge in [-0.25, -0.2) is 0 Å². The summed E-state index contributed by atoms with van der Waals surface area (Å²) >= 11 is 0. The zero-order valence-electron chi connectivity index (χ0n) is 28.3. The Morgan fingerprint density at radius 3 is 2.25 bits per heavy atom. The minimum atomic E-state index is -1.25. The highest BCUT2D eigenvalue weighted by atomic mass is 16.8. The van der Waals surface area contributed by atoms with Gasteiger partial charge >= 0.3 is 0 Å². The van der Waals surface area contributed by atoms with E-state index in [1.807, 2.05) is 0 Å². The Balaban J connectivity index is 1.07. The van der Waals surface area contributed by atoms with Crippen molar-refractivity contribution in [3.8, 4) is 0 Å². The number of rotatable bonds is 4. The van der Waals surface area contributed by atoms with Crippen molar-refractivity contribution in [2.75, 3.05) is 13.7 Å². The molecule has 8 aliphatic rings. The van der Waals surface area contributed by atoms with Crippen molar-refractivity contribution in [3.05, 3.63) is 0 Å². The van der Waals surface area contributed by atoms with Crippen LogP contribution in [0.25, 0.3) is 0 Å². The summed E-state index contributed by atoms with van der Waals surface area (Å²) < 4.78 is 32.5. The average Bonchev–Trinajstić information content (AvgIpc) is 3.45. The van der Waals surface area contributed by atoms with Crippen LogP contribution in [0, 0.1) is 50.7 Å². The number of fused-ring (bicyclic) bond motifs is 4. The Morgan fingerprint density at radius 1 is 0.818 bits per heavy atom. The van der Waals surface area contributed by atoms with Crippen molar-refractivity contribution < 1.29 is 39.0 Å². The average molecular weight is 619 g/mol. The maximum Gasteiger partial charge on any atom is 0.186 e. The highest BCUT2D eigenvalue weighted by molar-refractivity contribution is 5.32. The molecule has 5 saturated carbocycles. The monoisotopic (exact) mass is 618 g/mol. The van der Waals surface area contributed by atoms with Crippen LogP contribution >= 0.6 is 0 Å². The first-order chi connectivity index (χ1) is 20.5. The van der Waals surface area contributed by atoms with Crippen molar-refractivity contribution >= 4 is 0 Å². The van der Waals surface area contributed by atoms with E-state index in [-0.39, 0.29) is 46.8 Å². The fourth-order valence-corrected chi connectivity index (χ4v) is 14.1. The van der Waals surface area contributed by atoms with Gasteiger partial charge in [0.05, 0.1) is 24.4 Å². The van der Waals surface area contributed by atoms with Crippen LogP contribution < -0.4 is 0 Å². The molecule has 3 aliphatic heterocycles. The molecular weight excluding hydrogens is 560 g/mol. The molecule has 0 radical (unpaired) electrons. The van der Waals surface area contributed by atoms with E-state index in [1.54, 1.807) is 7.11 Å². The number of hydrogen-bond donors (Lipinski definition) is 3. The second-order valence-electron chi connectivity index (χ2n) is 18.4. The molecule has 16 unspecified atom stereocenters. The van der Waals surface area contributed by atoms with Crippen molar-refractivity contribution in [2.24, 2.45) is 50.7 Å². The van der Waals surface area contributed by atoms with Gasteiger partial charge in [0.15, 0.2) is 12.1 Å². The van der Waals surface area contributed by atoms with E-state index >= 15 is 0 Å².